The molecule has 1 aliphatic rings. The zero-order valence-corrected chi connectivity index (χ0v) is 7.29. The Labute approximate surface area is 75.3 Å². The average molecular weight is 185 g/mol. The molecule has 1 fully saturated rings. The lowest BCUT2D eigenvalue weighted by Gasteiger charge is -1.92. The van der Waals surface area contributed by atoms with E-state index in [1.165, 1.54) is 12.8 Å². The minimum absolute atomic E-state index is 0.0381. The fourth-order valence-corrected chi connectivity index (χ4v) is 1.25. The Kier molecular flexibility index (Phi) is 1.89. The van der Waals surface area contributed by atoms with E-state index >= 15 is 0 Å². The van der Waals surface area contributed by atoms with Crippen LogP contribution in [0.2, 0.25) is 0 Å². The van der Waals surface area contributed by atoms with E-state index in [-0.39, 0.29) is 11.7 Å². The Balaban J connectivity index is 2.17. The summed E-state index contributed by atoms with van der Waals surface area (Å²) in [5.41, 5.74) is 0.622. The zero-order chi connectivity index (χ0) is 8.55. The fraction of sp³-hybridized carbons (Fsp3) is 0.500. The maximum absolute atomic E-state index is 11.1. The van der Waals surface area contributed by atoms with Gasteiger partial charge in [0.2, 0.25) is 0 Å². The van der Waals surface area contributed by atoms with Gasteiger partial charge in [-0.05, 0) is 12.8 Å². The summed E-state index contributed by atoms with van der Waals surface area (Å²) in [6, 6.07) is 0.530. The Morgan fingerprint density at radius 1 is 1.75 bits per heavy atom. The summed E-state index contributed by atoms with van der Waals surface area (Å²) in [6.45, 7) is 0. The molecular formula is C8H9ClN2O. The van der Waals surface area contributed by atoms with Gasteiger partial charge in [0, 0.05) is 6.20 Å². The highest BCUT2D eigenvalue weighted by Crippen LogP contribution is 2.33. The van der Waals surface area contributed by atoms with Crippen molar-refractivity contribution in [2.45, 2.75) is 18.9 Å². The second-order valence-corrected chi connectivity index (χ2v) is 3.26. The molecule has 0 unspecified atom stereocenters. The number of hydrogen-bond donors (Lipinski definition) is 0. The molecule has 0 saturated heterocycles. The van der Waals surface area contributed by atoms with Crippen LogP contribution in [0.15, 0.2) is 12.4 Å². The van der Waals surface area contributed by atoms with E-state index < -0.39 is 0 Å². The molecule has 64 valence electrons. The molecule has 0 radical (unpaired) electrons. The number of Topliss-reactive ketones (excluding diaryl/α,β-unsaturated/α-hetero) is 1. The lowest BCUT2D eigenvalue weighted by atomic mass is 10.3. The summed E-state index contributed by atoms with van der Waals surface area (Å²) in [6.07, 6.45) is 5.72. The number of carbonyl (C=O) groups excluding carboxylic acids is 1. The molecule has 4 heteroatoms. The van der Waals surface area contributed by atoms with Crippen molar-refractivity contribution in [3.8, 4) is 0 Å². The molecule has 0 bridgehead atoms. The van der Waals surface area contributed by atoms with Crippen LogP contribution in [0, 0.1) is 0 Å². The molecule has 12 heavy (non-hydrogen) atoms. The van der Waals surface area contributed by atoms with Gasteiger partial charge in [0.25, 0.3) is 0 Å². The van der Waals surface area contributed by atoms with Crippen molar-refractivity contribution < 1.29 is 4.79 Å². The number of alkyl halides is 1. The van der Waals surface area contributed by atoms with Crippen molar-refractivity contribution >= 4 is 17.4 Å². The fourth-order valence-electron chi connectivity index (χ4n) is 1.10. The Hall–Kier alpha value is -0.830. The Morgan fingerprint density at radius 3 is 3.08 bits per heavy atom. The molecule has 0 aliphatic heterocycles. The Morgan fingerprint density at radius 2 is 2.50 bits per heavy atom. The summed E-state index contributed by atoms with van der Waals surface area (Å²) >= 11 is 5.40. The first-order valence-corrected chi connectivity index (χ1v) is 4.48. The van der Waals surface area contributed by atoms with Gasteiger partial charge in [0.05, 0.1) is 23.7 Å². The van der Waals surface area contributed by atoms with Gasteiger partial charge in [-0.3, -0.25) is 9.48 Å². The van der Waals surface area contributed by atoms with Crippen LogP contribution in [-0.2, 0) is 0 Å². The smallest absolute Gasteiger partial charge is 0.180 e. The minimum atomic E-state index is -0.0523. The van der Waals surface area contributed by atoms with Crippen LogP contribution in [0.1, 0.15) is 29.2 Å². The molecule has 1 aromatic heterocycles. The minimum Gasteiger partial charge on any atom is -0.293 e. The highest BCUT2D eigenvalue weighted by atomic mass is 35.5. The first-order chi connectivity index (χ1) is 5.81. The lowest BCUT2D eigenvalue weighted by Crippen LogP contribution is -1.98. The molecule has 1 heterocycles. The van der Waals surface area contributed by atoms with Crippen LogP contribution in [0.4, 0.5) is 0 Å². The number of halogens is 1. The van der Waals surface area contributed by atoms with Gasteiger partial charge < -0.3 is 0 Å². The van der Waals surface area contributed by atoms with E-state index in [0.717, 1.165) is 0 Å². The van der Waals surface area contributed by atoms with Crippen molar-refractivity contribution in [3.63, 3.8) is 0 Å². The number of carbonyl (C=O) groups is 1. The van der Waals surface area contributed by atoms with Crippen LogP contribution in [-0.4, -0.2) is 21.4 Å². The van der Waals surface area contributed by atoms with E-state index in [1.807, 2.05) is 4.68 Å². The molecule has 2 rings (SSSR count). The zero-order valence-electron chi connectivity index (χ0n) is 6.53. The second kappa shape index (κ2) is 2.90. The topological polar surface area (TPSA) is 34.9 Å². The van der Waals surface area contributed by atoms with Gasteiger partial charge in [-0.25, -0.2) is 0 Å². The highest BCUT2D eigenvalue weighted by Gasteiger charge is 2.24. The maximum Gasteiger partial charge on any atom is 0.180 e. The van der Waals surface area contributed by atoms with E-state index in [2.05, 4.69) is 5.10 Å². The molecular weight excluding hydrogens is 176 g/mol. The first kappa shape index (κ1) is 7.80. The summed E-state index contributed by atoms with van der Waals surface area (Å²) in [4.78, 5) is 11.1. The van der Waals surface area contributed by atoms with Crippen LogP contribution < -0.4 is 0 Å². The normalized spacial score (nSPS) is 16.4. The molecule has 0 aromatic carbocycles. The van der Waals surface area contributed by atoms with Crippen molar-refractivity contribution in [2.75, 3.05) is 5.88 Å². The predicted molar refractivity (Wildman–Crippen MR) is 45.5 cm³/mol. The average Bonchev–Trinajstić information content (AvgIpc) is 2.83. The number of ketones is 1. The molecule has 1 aliphatic carbocycles. The summed E-state index contributed by atoms with van der Waals surface area (Å²) in [5.74, 6) is -0.0142. The van der Waals surface area contributed by atoms with E-state index in [1.54, 1.807) is 12.4 Å². The Bertz CT molecular complexity index is 304. The number of rotatable bonds is 3. The van der Waals surface area contributed by atoms with Crippen molar-refractivity contribution in [1.29, 1.82) is 0 Å². The lowest BCUT2D eigenvalue weighted by molar-refractivity contribution is 0.102. The monoisotopic (exact) mass is 184 g/mol. The molecule has 0 N–H and O–H groups in total. The van der Waals surface area contributed by atoms with Gasteiger partial charge in [0.1, 0.15) is 0 Å². The van der Waals surface area contributed by atoms with Gasteiger partial charge in [0.15, 0.2) is 5.78 Å². The molecule has 3 nitrogen and oxygen atoms in total. The second-order valence-electron chi connectivity index (χ2n) is 3.00. The predicted octanol–water partition coefficient (Wildman–Crippen LogP) is 1.64. The van der Waals surface area contributed by atoms with Gasteiger partial charge >= 0.3 is 0 Å². The van der Waals surface area contributed by atoms with E-state index in [0.29, 0.717) is 11.6 Å². The third-order valence-electron chi connectivity index (χ3n) is 1.97. The standard InChI is InChI=1S/C8H9ClN2O/c9-3-8(12)6-4-10-11(5-6)7-1-2-7/h4-5,7H,1-3H2. The van der Waals surface area contributed by atoms with Gasteiger partial charge in [-0.2, -0.15) is 5.10 Å². The van der Waals surface area contributed by atoms with Crippen LogP contribution in [0.25, 0.3) is 0 Å². The number of nitrogens with zero attached hydrogens (tertiary/aromatic N) is 2. The van der Waals surface area contributed by atoms with Crippen LogP contribution >= 0.6 is 11.6 Å². The summed E-state index contributed by atoms with van der Waals surface area (Å²) < 4.78 is 1.85. The largest absolute Gasteiger partial charge is 0.293 e. The SMILES string of the molecule is O=C(CCl)c1cnn(C2CC2)c1. The van der Waals surface area contributed by atoms with Crippen LogP contribution in [0.3, 0.4) is 0 Å². The van der Waals surface area contributed by atoms with E-state index in [4.69, 9.17) is 11.6 Å². The van der Waals surface area contributed by atoms with Gasteiger partial charge in [-0.1, -0.05) is 0 Å². The van der Waals surface area contributed by atoms with Crippen LogP contribution in [0.5, 0.6) is 0 Å². The van der Waals surface area contributed by atoms with Crippen molar-refractivity contribution in [2.24, 2.45) is 0 Å². The number of hydrogen-bond acceptors (Lipinski definition) is 2. The van der Waals surface area contributed by atoms with Crippen molar-refractivity contribution in [1.82, 2.24) is 9.78 Å². The summed E-state index contributed by atoms with van der Waals surface area (Å²) in [7, 11) is 0. The molecule has 1 saturated carbocycles. The maximum atomic E-state index is 11.1. The molecule has 0 atom stereocenters. The first-order valence-electron chi connectivity index (χ1n) is 3.94. The highest BCUT2D eigenvalue weighted by molar-refractivity contribution is 6.30. The third-order valence-corrected chi connectivity index (χ3v) is 2.21. The molecule has 0 amide bonds. The quantitative estimate of drug-likeness (QED) is 0.529. The number of aromatic nitrogens is 2. The molecule has 0 spiro atoms. The summed E-state index contributed by atoms with van der Waals surface area (Å²) in [5, 5.41) is 4.08. The third kappa shape index (κ3) is 1.37. The van der Waals surface area contributed by atoms with Gasteiger partial charge in [-0.15, -0.1) is 11.6 Å². The van der Waals surface area contributed by atoms with E-state index in [9.17, 15) is 4.79 Å². The molecule has 1 aromatic rings. The van der Waals surface area contributed by atoms with Crippen molar-refractivity contribution in [3.05, 3.63) is 18.0 Å².